The van der Waals surface area contributed by atoms with Gasteiger partial charge in [0, 0.05) is 19.6 Å². The zero-order valence-corrected chi connectivity index (χ0v) is 11.2. The van der Waals surface area contributed by atoms with Crippen molar-refractivity contribution in [2.45, 2.75) is 17.9 Å². The highest BCUT2D eigenvalue weighted by atomic mass is 32.2. The Labute approximate surface area is 108 Å². The Hall–Kier alpha value is -0.950. The van der Waals surface area contributed by atoms with Crippen LogP contribution in [0.1, 0.15) is 5.56 Å². The smallest absolute Gasteiger partial charge is 0.243 e. The van der Waals surface area contributed by atoms with Crippen LogP contribution in [0, 0.1) is 6.92 Å². The van der Waals surface area contributed by atoms with Crippen LogP contribution in [-0.2, 0) is 14.8 Å². The molecule has 2 rings (SSSR count). The highest BCUT2D eigenvalue weighted by Gasteiger charge is 2.30. The van der Waals surface area contributed by atoms with E-state index in [1.807, 2.05) is 13.0 Å². The van der Waals surface area contributed by atoms with Gasteiger partial charge in [-0.1, -0.05) is 12.1 Å². The molecule has 1 fully saturated rings. The molecule has 5 nitrogen and oxygen atoms in total. The lowest BCUT2D eigenvalue weighted by molar-refractivity contribution is 0.00450. The molecule has 100 valence electrons. The van der Waals surface area contributed by atoms with Crippen molar-refractivity contribution in [1.82, 2.24) is 4.31 Å². The van der Waals surface area contributed by atoms with Crippen molar-refractivity contribution in [3.63, 3.8) is 0 Å². The van der Waals surface area contributed by atoms with Crippen LogP contribution in [-0.4, -0.2) is 45.1 Å². The van der Waals surface area contributed by atoms with Crippen LogP contribution in [0.3, 0.4) is 0 Å². The Morgan fingerprint density at radius 2 is 2.28 bits per heavy atom. The van der Waals surface area contributed by atoms with E-state index in [2.05, 4.69) is 0 Å². The molecule has 0 aromatic heterocycles. The lowest BCUT2D eigenvalue weighted by Crippen LogP contribution is -2.48. The molecule has 1 aliphatic rings. The Kier molecular flexibility index (Phi) is 4.01. The van der Waals surface area contributed by atoms with Gasteiger partial charge in [0.15, 0.2) is 0 Å². The fourth-order valence-corrected chi connectivity index (χ4v) is 3.54. The summed E-state index contributed by atoms with van der Waals surface area (Å²) in [6.07, 6.45) is -0.210. The maximum absolute atomic E-state index is 12.4. The molecule has 0 bridgehead atoms. The van der Waals surface area contributed by atoms with Gasteiger partial charge in [-0.05, 0) is 24.6 Å². The van der Waals surface area contributed by atoms with Gasteiger partial charge in [0.1, 0.15) is 0 Å². The maximum atomic E-state index is 12.4. The maximum Gasteiger partial charge on any atom is 0.243 e. The van der Waals surface area contributed by atoms with Crippen molar-refractivity contribution in [3.05, 3.63) is 29.8 Å². The molecule has 18 heavy (non-hydrogen) atoms. The molecular weight excluding hydrogens is 252 g/mol. The van der Waals surface area contributed by atoms with Gasteiger partial charge in [0.25, 0.3) is 0 Å². The highest BCUT2D eigenvalue weighted by Crippen LogP contribution is 2.19. The molecule has 1 aromatic rings. The average molecular weight is 270 g/mol. The predicted octanol–water partition coefficient (Wildman–Crippen LogP) is 0.343. The molecule has 1 aliphatic heterocycles. The number of sulfonamides is 1. The summed E-state index contributed by atoms with van der Waals surface area (Å²) in [5.74, 6) is 0. The van der Waals surface area contributed by atoms with Crippen LogP contribution in [0.4, 0.5) is 0 Å². The summed E-state index contributed by atoms with van der Waals surface area (Å²) in [7, 11) is -3.43. The summed E-state index contributed by atoms with van der Waals surface area (Å²) in [6.45, 7) is 3.31. The van der Waals surface area contributed by atoms with E-state index in [9.17, 15) is 8.42 Å². The van der Waals surface area contributed by atoms with Crippen LogP contribution in [0.2, 0.25) is 0 Å². The third-order valence-corrected chi connectivity index (χ3v) is 4.85. The number of ether oxygens (including phenoxy) is 1. The molecule has 0 radical (unpaired) electrons. The molecule has 6 heteroatoms. The number of benzene rings is 1. The van der Waals surface area contributed by atoms with Gasteiger partial charge >= 0.3 is 0 Å². The van der Waals surface area contributed by atoms with Crippen molar-refractivity contribution < 1.29 is 13.2 Å². The molecule has 0 amide bonds. The first kappa shape index (κ1) is 13.5. The van der Waals surface area contributed by atoms with Crippen molar-refractivity contribution in [2.24, 2.45) is 5.73 Å². The molecule has 2 N–H and O–H groups in total. The van der Waals surface area contributed by atoms with E-state index in [4.69, 9.17) is 10.5 Å². The number of aryl methyl sites for hydroxylation is 1. The molecule has 1 saturated heterocycles. The summed E-state index contributed by atoms with van der Waals surface area (Å²) in [4.78, 5) is 0.333. The lowest BCUT2D eigenvalue weighted by atomic mass is 10.2. The van der Waals surface area contributed by atoms with Crippen molar-refractivity contribution in [2.75, 3.05) is 26.2 Å². The van der Waals surface area contributed by atoms with E-state index in [1.54, 1.807) is 18.2 Å². The molecule has 1 atom stereocenters. The van der Waals surface area contributed by atoms with Crippen LogP contribution in [0.25, 0.3) is 0 Å². The first-order chi connectivity index (χ1) is 8.54. The second-order valence-electron chi connectivity index (χ2n) is 4.41. The normalized spacial score (nSPS) is 22.0. The lowest BCUT2D eigenvalue weighted by Gasteiger charge is -2.31. The molecule has 0 saturated carbocycles. The van der Waals surface area contributed by atoms with Gasteiger partial charge in [0.05, 0.1) is 17.6 Å². The Bertz CT molecular complexity index is 516. The standard InChI is InChI=1S/C12H18N2O3S/c1-10-3-2-4-12(7-10)18(15,16)14-5-6-17-11(8-13)9-14/h2-4,7,11H,5-6,8-9,13H2,1H3/t11-/m1/s1. The van der Waals surface area contributed by atoms with Crippen molar-refractivity contribution in [1.29, 1.82) is 0 Å². The number of rotatable bonds is 3. The minimum atomic E-state index is -3.43. The van der Waals surface area contributed by atoms with Gasteiger partial charge in [-0.15, -0.1) is 0 Å². The number of nitrogens with two attached hydrogens (primary N) is 1. The third kappa shape index (κ3) is 2.72. The molecule has 1 aromatic carbocycles. The second kappa shape index (κ2) is 5.36. The van der Waals surface area contributed by atoms with Crippen molar-refractivity contribution in [3.8, 4) is 0 Å². The fraction of sp³-hybridized carbons (Fsp3) is 0.500. The molecule has 0 aliphatic carbocycles. The summed E-state index contributed by atoms with van der Waals surface area (Å²) in [5, 5.41) is 0. The zero-order valence-electron chi connectivity index (χ0n) is 10.4. The Morgan fingerprint density at radius 3 is 2.94 bits per heavy atom. The van der Waals surface area contributed by atoms with E-state index in [0.29, 0.717) is 31.1 Å². The van der Waals surface area contributed by atoms with Gasteiger partial charge in [-0.25, -0.2) is 8.42 Å². The minimum absolute atomic E-state index is 0.210. The monoisotopic (exact) mass is 270 g/mol. The SMILES string of the molecule is Cc1cccc(S(=O)(=O)N2CCO[C@H](CN)C2)c1. The largest absolute Gasteiger partial charge is 0.374 e. The number of nitrogens with zero attached hydrogens (tertiary/aromatic N) is 1. The summed E-state index contributed by atoms with van der Waals surface area (Å²) in [6, 6.07) is 6.93. The topological polar surface area (TPSA) is 72.6 Å². The summed E-state index contributed by atoms with van der Waals surface area (Å²) < 4.78 is 31.7. The highest BCUT2D eigenvalue weighted by molar-refractivity contribution is 7.89. The number of morpholine rings is 1. The number of hydrogen-bond acceptors (Lipinski definition) is 4. The van der Waals surface area contributed by atoms with Crippen molar-refractivity contribution >= 4 is 10.0 Å². The summed E-state index contributed by atoms with van der Waals surface area (Å²) in [5.41, 5.74) is 6.46. The van der Waals surface area contributed by atoms with Gasteiger partial charge in [-0.2, -0.15) is 4.31 Å². The Balaban J connectivity index is 2.25. The van der Waals surface area contributed by atoms with Crippen LogP contribution < -0.4 is 5.73 Å². The fourth-order valence-electron chi connectivity index (χ4n) is 1.98. The summed E-state index contributed by atoms with van der Waals surface area (Å²) >= 11 is 0. The second-order valence-corrected chi connectivity index (χ2v) is 6.35. The van der Waals surface area contributed by atoms with Gasteiger partial charge in [-0.3, -0.25) is 0 Å². The Morgan fingerprint density at radius 1 is 1.50 bits per heavy atom. The van der Waals surface area contributed by atoms with E-state index < -0.39 is 10.0 Å². The quantitative estimate of drug-likeness (QED) is 0.860. The van der Waals surface area contributed by atoms with Gasteiger partial charge in [0.2, 0.25) is 10.0 Å². The predicted molar refractivity (Wildman–Crippen MR) is 68.7 cm³/mol. The van der Waals surface area contributed by atoms with E-state index in [-0.39, 0.29) is 6.10 Å². The molecule has 1 heterocycles. The number of hydrogen-bond donors (Lipinski definition) is 1. The minimum Gasteiger partial charge on any atom is -0.374 e. The molecule has 0 spiro atoms. The van der Waals surface area contributed by atoms with E-state index in [0.717, 1.165) is 5.56 Å². The van der Waals surface area contributed by atoms with E-state index >= 15 is 0 Å². The average Bonchev–Trinajstić information content (AvgIpc) is 2.39. The molecular formula is C12H18N2O3S. The molecule has 0 unspecified atom stereocenters. The first-order valence-electron chi connectivity index (χ1n) is 5.92. The van der Waals surface area contributed by atoms with Crippen LogP contribution in [0.5, 0.6) is 0 Å². The zero-order chi connectivity index (χ0) is 13.2. The first-order valence-corrected chi connectivity index (χ1v) is 7.36. The van der Waals surface area contributed by atoms with E-state index in [1.165, 1.54) is 4.31 Å². The van der Waals surface area contributed by atoms with Gasteiger partial charge < -0.3 is 10.5 Å². The third-order valence-electron chi connectivity index (χ3n) is 2.99. The van der Waals surface area contributed by atoms with Crippen LogP contribution >= 0.6 is 0 Å². The van der Waals surface area contributed by atoms with Crippen LogP contribution in [0.15, 0.2) is 29.2 Å².